The van der Waals surface area contributed by atoms with E-state index in [0.29, 0.717) is 12.2 Å². The maximum atomic E-state index is 9.55. The lowest BCUT2D eigenvalue weighted by atomic mass is 9.87. The Kier molecular flexibility index (Phi) is 6.35. The summed E-state index contributed by atoms with van der Waals surface area (Å²) in [7, 11) is 0. The molecule has 0 unspecified atom stereocenters. The summed E-state index contributed by atoms with van der Waals surface area (Å²) in [5.74, 6) is -2.51. The molecule has 23 heavy (non-hydrogen) atoms. The Morgan fingerprint density at radius 1 is 0.783 bits per heavy atom. The van der Waals surface area contributed by atoms with Crippen LogP contribution in [0.4, 0.5) is 0 Å². The molecule has 124 valence electrons. The van der Waals surface area contributed by atoms with Crippen molar-refractivity contribution in [1.29, 1.82) is 0 Å². The molecule has 1 aromatic rings. The number of hydrogen-bond donors (Lipinski definition) is 3. The van der Waals surface area contributed by atoms with E-state index in [0.717, 1.165) is 13.1 Å². The Balaban J connectivity index is 0.000000207. The van der Waals surface area contributed by atoms with Crippen LogP contribution in [0.15, 0.2) is 24.3 Å². The van der Waals surface area contributed by atoms with Crippen molar-refractivity contribution in [2.45, 2.75) is 38.5 Å². The second kappa shape index (κ2) is 8.48. The van der Waals surface area contributed by atoms with Gasteiger partial charge in [0.2, 0.25) is 0 Å². The van der Waals surface area contributed by atoms with Crippen molar-refractivity contribution >= 4 is 11.9 Å². The normalized spacial score (nSPS) is 16.5. The molecule has 2 aliphatic rings. The zero-order valence-corrected chi connectivity index (χ0v) is 13.2. The van der Waals surface area contributed by atoms with E-state index in [9.17, 15) is 9.59 Å². The van der Waals surface area contributed by atoms with E-state index < -0.39 is 11.9 Å². The Hall–Kier alpha value is -2.14. The van der Waals surface area contributed by atoms with Crippen molar-refractivity contribution in [1.82, 2.24) is 5.32 Å². The number of aryl methyl sites for hydroxylation is 2. The van der Waals surface area contributed by atoms with E-state index >= 15 is 0 Å². The van der Waals surface area contributed by atoms with Gasteiger partial charge in [0, 0.05) is 12.2 Å². The van der Waals surface area contributed by atoms with Crippen LogP contribution < -0.4 is 5.32 Å². The van der Waals surface area contributed by atoms with Crippen LogP contribution >= 0.6 is 0 Å². The number of carboxylic acid groups (broad SMARTS) is 2. The van der Waals surface area contributed by atoms with Gasteiger partial charge in [0.15, 0.2) is 0 Å². The highest BCUT2D eigenvalue weighted by Gasteiger charge is 2.14. The molecule has 3 N–H and O–H groups in total. The summed E-state index contributed by atoms with van der Waals surface area (Å²) in [5, 5.41) is 19.1. The molecule has 0 saturated carbocycles. The second-order valence-corrected chi connectivity index (χ2v) is 5.86. The Morgan fingerprint density at radius 3 is 1.57 bits per heavy atom. The third-order valence-electron chi connectivity index (χ3n) is 4.17. The third kappa shape index (κ3) is 5.53. The van der Waals surface area contributed by atoms with Crippen LogP contribution in [0.3, 0.4) is 0 Å². The zero-order valence-electron chi connectivity index (χ0n) is 13.2. The van der Waals surface area contributed by atoms with Gasteiger partial charge in [-0.25, -0.2) is 9.59 Å². The lowest BCUT2D eigenvalue weighted by molar-refractivity contribution is -0.134. The number of hydrogen-bond acceptors (Lipinski definition) is 3. The quantitative estimate of drug-likeness (QED) is 0.726. The number of carboxylic acids is 2. The van der Waals surface area contributed by atoms with Gasteiger partial charge >= 0.3 is 11.9 Å². The predicted molar refractivity (Wildman–Crippen MR) is 87.8 cm³/mol. The lowest BCUT2D eigenvalue weighted by Gasteiger charge is -2.18. The average Bonchev–Trinajstić information content (AvgIpc) is 2.76. The number of nitrogens with one attached hydrogen (secondary N) is 1. The van der Waals surface area contributed by atoms with E-state index in [1.54, 1.807) is 22.3 Å². The molecule has 0 aromatic heterocycles. The van der Waals surface area contributed by atoms with Crippen molar-refractivity contribution < 1.29 is 19.8 Å². The van der Waals surface area contributed by atoms with Crippen LogP contribution in [0.25, 0.3) is 0 Å². The van der Waals surface area contributed by atoms with Gasteiger partial charge in [-0.15, -0.1) is 0 Å². The molecule has 0 bridgehead atoms. The summed E-state index contributed by atoms with van der Waals surface area (Å²) in [6.07, 6.45) is 8.98. The number of rotatable bonds is 2. The standard InChI is InChI=1S/C14H19N.C4H4O4/c1-2-4-12-10-14-6-8-15-7-5-13(14)9-11(12)3-1;5-3(6)1-2-4(7)8/h9-10,15H,1-8H2;1-2H,(H,5,6)(H,7,8)/b;2-1+. The van der Waals surface area contributed by atoms with Crippen LogP contribution in [0.1, 0.15) is 35.1 Å². The number of fused-ring (bicyclic) bond motifs is 2. The summed E-state index contributed by atoms with van der Waals surface area (Å²) in [4.78, 5) is 19.1. The van der Waals surface area contributed by atoms with Gasteiger partial charge in [0.05, 0.1) is 0 Å². The molecule has 0 amide bonds. The highest BCUT2D eigenvalue weighted by atomic mass is 16.4. The Morgan fingerprint density at radius 2 is 1.17 bits per heavy atom. The number of benzene rings is 1. The minimum atomic E-state index is -1.26. The van der Waals surface area contributed by atoms with Gasteiger partial charge in [-0.05, 0) is 73.9 Å². The first-order valence-corrected chi connectivity index (χ1v) is 8.04. The molecular weight excluding hydrogens is 294 g/mol. The first-order chi connectivity index (χ1) is 11.1. The van der Waals surface area contributed by atoms with Gasteiger partial charge in [-0.2, -0.15) is 0 Å². The molecule has 3 rings (SSSR count). The third-order valence-corrected chi connectivity index (χ3v) is 4.17. The molecule has 1 heterocycles. The van der Waals surface area contributed by atoms with E-state index in [1.165, 1.54) is 38.5 Å². The molecule has 0 atom stereocenters. The first-order valence-electron chi connectivity index (χ1n) is 8.04. The molecule has 5 nitrogen and oxygen atoms in total. The Labute approximate surface area is 136 Å². The molecule has 0 spiro atoms. The summed E-state index contributed by atoms with van der Waals surface area (Å²) in [6, 6.07) is 4.99. The average molecular weight is 317 g/mol. The maximum Gasteiger partial charge on any atom is 0.328 e. The van der Waals surface area contributed by atoms with Gasteiger partial charge in [-0.3, -0.25) is 0 Å². The Bertz CT molecular complexity index is 556. The number of aliphatic carboxylic acids is 2. The number of carbonyl (C=O) groups is 2. The monoisotopic (exact) mass is 317 g/mol. The molecule has 0 saturated heterocycles. The van der Waals surface area contributed by atoms with Crippen molar-refractivity contribution in [3.63, 3.8) is 0 Å². The van der Waals surface area contributed by atoms with Crippen LogP contribution in [-0.4, -0.2) is 35.2 Å². The van der Waals surface area contributed by atoms with Gasteiger partial charge < -0.3 is 15.5 Å². The lowest BCUT2D eigenvalue weighted by Crippen LogP contribution is -2.16. The van der Waals surface area contributed by atoms with Crippen molar-refractivity contribution in [2.24, 2.45) is 0 Å². The first kappa shape index (κ1) is 17.2. The summed E-state index contributed by atoms with van der Waals surface area (Å²) in [5.41, 5.74) is 6.50. The highest BCUT2D eigenvalue weighted by molar-refractivity contribution is 5.89. The second-order valence-electron chi connectivity index (χ2n) is 5.86. The van der Waals surface area contributed by atoms with Crippen molar-refractivity contribution in [3.8, 4) is 0 Å². The van der Waals surface area contributed by atoms with Crippen LogP contribution in [0.5, 0.6) is 0 Å². The van der Waals surface area contributed by atoms with E-state index in [1.807, 2.05) is 0 Å². The SMILES string of the molecule is O=C(O)/C=C/C(=O)O.c1c2c(cc3c1CCNCC3)CCCC2. The fourth-order valence-electron chi connectivity index (χ4n) is 3.07. The van der Waals surface area contributed by atoms with Crippen molar-refractivity contribution in [2.75, 3.05) is 13.1 Å². The van der Waals surface area contributed by atoms with Crippen molar-refractivity contribution in [3.05, 3.63) is 46.5 Å². The van der Waals surface area contributed by atoms with E-state index in [4.69, 9.17) is 10.2 Å². The molecule has 5 heteroatoms. The topological polar surface area (TPSA) is 86.6 Å². The summed E-state index contributed by atoms with van der Waals surface area (Å²) >= 11 is 0. The van der Waals surface area contributed by atoms with Crippen LogP contribution in [-0.2, 0) is 35.3 Å². The molecule has 0 fully saturated rings. The fourth-order valence-corrected chi connectivity index (χ4v) is 3.07. The smallest absolute Gasteiger partial charge is 0.328 e. The van der Waals surface area contributed by atoms with Crippen LogP contribution in [0, 0.1) is 0 Å². The molecule has 1 aromatic carbocycles. The van der Waals surface area contributed by atoms with Gasteiger partial charge in [0.25, 0.3) is 0 Å². The van der Waals surface area contributed by atoms with E-state index in [2.05, 4.69) is 17.4 Å². The minimum absolute atomic E-state index is 0.558. The fraction of sp³-hybridized carbons (Fsp3) is 0.444. The largest absolute Gasteiger partial charge is 0.478 e. The highest BCUT2D eigenvalue weighted by Crippen LogP contribution is 2.26. The van der Waals surface area contributed by atoms with Gasteiger partial charge in [-0.1, -0.05) is 12.1 Å². The molecule has 1 aliphatic heterocycles. The summed E-state index contributed by atoms with van der Waals surface area (Å²) < 4.78 is 0. The zero-order chi connectivity index (χ0) is 16.7. The predicted octanol–water partition coefficient (Wildman–Crippen LogP) is 1.97. The van der Waals surface area contributed by atoms with Gasteiger partial charge in [0.1, 0.15) is 0 Å². The minimum Gasteiger partial charge on any atom is -0.478 e. The summed E-state index contributed by atoms with van der Waals surface area (Å²) in [6.45, 7) is 2.32. The molecule has 1 aliphatic carbocycles. The van der Waals surface area contributed by atoms with Crippen LogP contribution in [0.2, 0.25) is 0 Å². The maximum absolute atomic E-state index is 9.55. The molecular formula is C18H23NO4. The molecule has 0 radical (unpaired) electrons. The van der Waals surface area contributed by atoms with E-state index in [-0.39, 0.29) is 0 Å².